The first-order valence-electron chi connectivity index (χ1n) is 5.39. The lowest BCUT2D eigenvalue weighted by Crippen LogP contribution is -2.39. The lowest BCUT2D eigenvalue weighted by Gasteiger charge is -2.29. The van der Waals surface area contributed by atoms with Crippen LogP contribution in [-0.2, 0) is 6.54 Å². The number of nitrogens with one attached hydrogen (secondary N) is 1. The van der Waals surface area contributed by atoms with Crippen LogP contribution >= 0.6 is 0 Å². The van der Waals surface area contributed by atoms with Gasteiger partial charge in [-0.2, -0.15) is 0 Å². The highest BCUT2D eigenvalue weighted by atomic mass is 15.2. The summed E-state index contributed by atoms with van der Waals surface area (Å²) in [6.45, 7) is 1.77. The third-order valence-corrected chi connectivity index (χ3v) is 3.35. The van der Waals surface area contributed by atoms with E-state index in [1.807, 2.05) is 6.20 Å². The second-order valence-corrected chi connectivity index (χ2v) is 4.39. The molecule has 1 atom stereocenters. The summed E-state index contributed by atoms with van der Waals surface area (Å²) in [5.41, 5.74) is 7.31. The molecule has 0 radical (unpaired) electrons. The highest BCUT2D eigenvalue weighted by Crippen LogP contribution is 2.37. The predicted molar refractivity (Wildman–Crippen MR) is 55.3 cm³/mol. The van der Waals surface area contributed by atoms with E-state index in [4.69, 9.17) is 5.73 Å². The maximum absolute atomic E-state index is 5.93. The molecule has 2 aliphatic rings. The Bertz CT molecular complexity index is 340. The Labute approximate surface area is 83.5 Å². The number of aromatic nitrogens is 2. The number of anilines is 1. The molecule has 4 nitrogen and oxygen atoms in total. The minimum absolute atomic E-state index is 0.232. The molecule has 1 aromatic rings. The van der Waals surface area contributed by atoms with Crippen molar-refractivity contribution < 1.29 is 0 Å². The monoisotopic (exact) mass is 192 g/mol. The van der Waals surface area contributed by atoms with Crippen LogP contribution in [0.1, 0.15) is 30.9 Å². The second kappa shape index (κ2) is 2.98. The van der Waals surface area contributed by atoms with Gasteiger partial charge in [0.25, 0.3) is 0 Å². The van der Waals surface area contributed by atoms with Crippen molar-refractivity contribution in [2.24, 2.45) is 5.73 Å². The minimum atomic E-state index is 0.232. The van der Waals surface area contributed by atoms with Gasteiger partial charge < -0.3 is 15.6 Å². The summed E-state index contributed by atoms with van der Waals surface area (Å²) < 4.78 is 2.26. The number of rotatable bonds is 1. The first-order chi connectivity index (χ1) is 6.84. The molecule has 2 heterocycles. The second-order valence-electron chi connectivity index (χ2n) is 4.39. The van der Waals surface area contributed by atoms with Crippen LogP contribution in [0.4, 0.5) is 5.95 Å². The van der Waals surface area contributed by atoms with Gasteiger partial charge in [0.2, 0.25) is 5.95 Å². The Balaban J connectivity index is 1.93. The van der Waals surface area contributed by atoms with Gasteiger partial charge in [0.15, 0.2) is 0 Å². The summed E-state index contributed by atoms with van der Waals surface area (Å²) in [7, 11) is 0. The van der Waals surface area contributed by atoms with Gasteiger partial charge in [-0.25, -0.2) is 4.98 Å². The van der Waals surface area contributed by atoms with Crippen LogP contribution in [0, 0.1) is 0 Å². The number of imidazole rings is 1. The molecule has 1 fully saturated rings. The molecule has 4 heteroatoms. The fourth-order valence-electron chi connectivity index (χ4n) is 2.27. The van der Waals surface area contributed by atoms with E-state index < -0.39 is 0 Å². The Kier molecular flexibility index (Phi) is 1.77. The van der Waals surface area contributed by atoms with Crippen LogP contribution in [0.5, 0.6) is 0 Å². The zero-order chi connectivity index (χ0) is 9.54. The van der Waals surface area contributed by atoms with Crippen LogP contribution < -0.4 is 11.1 Å². The van der Waals surface area contributed by atoms with E-state index >= 15 is 0 Å². The van der Waals surface area contributed by atoms with Gasteiger partial charge in [-0.3, -0.25) is 0 Å². The molecular weight excluding hydrogens is 176 g/mol. The molecule has 1 aliphatic heterocycles. The molecule has 1 aromatic heterocycles. The lowest BCUT2D eigenvalue weighted by molar-refractivity contribution is 0.389. The molecular formula is C10H16N4. The van der Waals surface area contributed by atoms with E-state index in [0.29, 0.717) is 0 Å². The van der Waals surface area contributed by atoms with Crippen molar-refractivity contribution in [3.63, 3.8) is 0 Å². The summed E-state index contributed by atoms with van der Waals surface area (Å²) in [6.07, 6.45) is 6.02. The van der Waals surface area contributed by atoms with Crippen molar-refractivity contribution in [3.05, 3.63) is 11.9 Å². The van der Waals surface area contributed by atoms with E-state index in [2.05, 4.69) is 14.9 Å². The molecule has 3 rings (SSSR count). The van der Waals surface area contributed by atoms with Gasteiger partial charge in [0, 0.05) is 30.7 Å². The van der Waals surface area contributed by atoms with Gasteiger partial charge in [-0.1, -0.05) is 6.42 Å². The van der Waals surface area contributed by atoms with Gasteiger partial charge in [0.05, 0.1) is 6.20 Å². The highest BCUT2D eigenvalue weighted by molar-refractivity contribution is 5.34. The van der Waals surface area contributed by atoms with Crippen molar-refractivity contribution in [3.8, 4) is 0 Å². The van der Waals surface area contributed by atoms with Crippen molar-refractivity contribution in [1.82, 2.24) is 9.55 Å². The van der Waals surface area contributed by atoms with Crippen molar-refractivity contribution >= 4 is 5.95 Å². The summed E-state index contributed by atoms with van der Waals surface area (Å²) in [4.78, 5) is 4.39. The third-order valence-electron chi connectivity index (χ3n) is 3.35. The molecule has 1 saturated carbocycles. The van der Waals surface area contributed by atoms with E-state index in [1.165, 1.54) is 25.0 Å². The zero-order valence-corrected chi connectivity index (χ0v) is 8.24. The lowest BCUT2D eigenvalue weighted by atomic mass is 9.83. The van der Waals surface area contributed by atoms with Gasteiger partial charge in [-0.05, 0) is 12.8 Å². The minimum Gasteiger partial charge on any atom is -0.354 e. The van der Waals surface area contributed by atoms with Crippen LogP contribution in [0.2, 0.25) is 0 Å². The van der Waals surface area contributed by atoms with Gasteiger partial charge in [0.1, 0.15) is 0 Å². The topological polar surface area (TPSA) is 55.9 Å². The molecule has 0 spiro atoms. The molecule has 0 bridgehead atoms. The normalized spacial score (nSPS) is 26.5. The average Bonchev–Trinajstić information content (AvgIpc) is 2.46. The van der Waals surface area contributed by atoms with Gasteiger partial charge in [-0.15, -0.1) is 0 Å². The van der Waals surface area contributed by atoms with E-state index in [9.17, 15) is 0 Å². The summed E-state index contributed by atoms with van der Waals surface area (Å²) >= 11 is 0. The maximum Gasteiger partial charge on any atom is 0.203 e. The molecule has 0 amide bonds. The smallest absolute Gasteiger partial charge is 0.203 e. The van der Waals surface area contributed by atoms with Crippen molar-refractivity contribution in [1.29, 1.82) is 0 Å². The van der Waals surface area contributed by atoms with E-state index in [-0.39, 0.29) is 6.04 Å². The largest absolute Gasteiger partial charge is 0.354 e. The van der Waals surface area contributed by atoms with Gasteiger partial charge >= 0.3 is 0 Å². The Morgan fingerprint density at radius 1 is 1.50 bits per heavy atom. The standard InChI is InChI=1S/C10H16N4/c11-8-4-12-10-13-5-9(14(10)6-8)7-2-1-3-7/h5,7-8H,1-4,6,11H2,(H,12,13). The number of fused-ring (bicyclic) bond motifs is 1. The van der Waals surface area contributed by atoms with Crippen molar-refractivity contribution in [2.75, 3.05) is 11.9 Å². The highest BCUT2D eigenvalue weighted by Gasteiger charge is 2.26. The van der Waals surface area contributed by atoms with Crippen LogP contribution in [-0.4, -0.2) is 22.1 Å². The number of hydrogen-bond acceptors (Lipinski definition) is 3. The average molecular weight is 192 g/mol. The molecule has 14 heavy (non-hydrogen) atoms. The van der Waals surface area contributed by atoms with E-state index in [1.54, 1.807) is 0 Å². The Morgan fingerprint density at radius 2 is 2.36 bits per heavy atom. The Hall–Kier alpha value is -1.03. The maximum atomic E-state index is 5.93. The summed E-state index contributed by atoms with van der Waals surface area (Å²) in [5.74, 6) is 1.75. The van der Waals surface area contributed by atoms with Crippen molar-refractivity contribution in [2.45, 2.75) is 37.8 Å². The molecule has 76 valence electrons. The molecule has 1 unspecified atom stereocenters. The summed E-state index contributed by atoms with van der Waals surface area (Å²) in [5, 5.41) is 3.26. The van der Waals surface area contributed by atoms with Crippen LogP contribution in [0.15, 0.2) is 6.20 Å². The molecule has 1 aliphatic carbocycles. The number of hydrogen-bond donors (Lipinski definition) is 2. The number of nitrogens with zero attached hydrogens (tertiary/aromatic N) is 2. The predicted octanol–water partition coefficient (Wildman–Crippen LogP) is 0.903. The van der Waals surface area contributed by atoms with E-state index in [0.717, 1.165) is 25.0 Å². The van der Waals surface area contributed by atoms with Crippen LogP contribution in [0.3, 0.4) is 0 Å². The first-order valence-corrected chi connectivity index (χ1v) is 5.39. The molecule has 3 N–H and O–H groups in total. The molecule has 0 aromatic carbocycles. The first kappa shape index (κ1) is 8.29. The quantitative estimate of drug-likeness (QED) is 0.695. The fourth-order valence-corrected chi connectivity index (χ4v) is 2.27. The number of nitrogens with two attached hydrogens (primary N) is 1. The van der Waals surface area contributed by atoms with Crippen LogP contribution in [0.25, 0.3) is 0 Å². The SMILES string of the molecule is NC1CNc2ncc(C3CCC3)n2C1. The third kappa shape index (κ3) is 1.14. The summed E-state index contributed by atoms with van der Waals surface area (Å²) in [6, 6.07) is 0.232. The molecule has 0 saturated heterocycles. The zero-order valence-electron chi connectivity index (χ0n) is 8.24. The Morgan fingerprint density at radius 3 is 3.07 bits per heavy atom. The fraction of sp³-hybridized carbons (Fsp3) is 0.700.